The van der Waals surface area contributed by atoms with Crippen molar-refractivity contribution in [2.75, 3.05) is 31.4 Å². The summed E-state index contributed by atoms with van der Waals surface area (Å²) in [5, 5.41) is 5.38. The topological polar surface area (TPSA) is 141 Å². The van der Waals surface area contributed by atoms with E-state index in [9.17, 15) is 13.2 Å². The lowest BCUT2D eigenvalue weighted by Gasteiger charge is -2.11. The first-order valence-electron chi connectivity index (χ1n) is 10.3. The van der Waals surface area contributed by atoms with Gasteiger partial charge in [-0.05, 0) is 60.3 Å². The average molecular weight is 530 g/mol. The van der Waals surface area contributed by atoms with E-state index in [1.807, 2.05) is 0 Å². The van der Waals surface area contributed by atoms with Crippen LogP contribution in [0.15, 0.2) is 65.8 Å². The summed E-state index contributed by atoms with van der Waals surface area (Å²) >= 11 is 5.16. The van der Waals surface area contributed by atoms with Crippen molar-refractivity contribution < 1.29 is 27.4 Å². The van der Waals surface area contributed by atoms with Gasteiger partial charge in [0.25, 0.3) is 15.9 Å². The predicted octanol–water partition coefficient (Wildman–Crippen LogP) is 2.83. The van der Waals surface area contributed by atoms with Crippen LogP contribution in [0.1, 0.15) is 5.56 Å². The van der Waals surface area contributed by atoms with Gasteiger partial charge in [0.15, 0.2) is 16.6 Å². The Balaban J connectivity index is 1.58. The summed E-state index contributed by atoms with van der Waals surface area (Å²) < 4.78 is 43.1. The molecule has 3 rings (SSSR count). The lowest BCUT2D eigenvalue weighted by Crippen LogP contribution is -2.32. The Morgan fingerprint density at radius 2 is 1.64 bits per heavy atom. The van der Waals surface area contributed by atoms with Crippen molar-refractivity contribution in [2.24, 2.45) is 0 Å². The molecule has 0 saturated carbocycles. The van der Waals surface area contributed by atoms with Crippen LogP contribution in [0, 0.1) is 0 Å². The third-order valence-corrected chi connectivity index (χ3v) is 6.14. The molecule has 1 aromatic heterocycles. The molecule has 3 aromatic rings. The minimum Gasteiger partial charge on any atom is -0.493 e. The maximum atomic E-state index is 12.7. The molecule has 2 aromatic carbocycles. The van der Waals surface area contributed by atoms with Crippen LogP contribution >= 0.6 is 12.2 Å². The molecule has 188 valence electrons. The van der Waals surface area contributed by atoms with Crippen molar-refractivity contribution >= 4 is 50.8 Å². The second-order valence-electron chi connectivity index (χ2n) is 6.94. The van der Waals surface area contributed by atoms with Gasteiger partial charge in [-0.1, -0.05) is 6.07 Å². The van der Waals surface area contributed by atoms with Crippen LogP contribution in [0.5, 0.6) is 17.4 Å². The molecule has 1 heterocycles. The number of aromatic nitrogens is 2. The molecule has 11 nitrogen and oxygen atoms in total. The van der Waals surface area contributed by atoms with Gasteiger partial charge in [0, 0.05) is 24.2 Å². The van der Waals surface area contributed by atoms with E-state index in [0.717, 1.165) is 5.56 Å². The third-order valence-electron chi connectivity index (χ3n) is 4.58. The predicted molar refractivity (Wildman–Crippen MR) is 139 cm³/mol. The zero-order chi connectivity index (χ0) is 26.1. The third kappa shape index (κ3) is 6.90. The van der Waals surface area contributed by atoms with Crippen LogP contribution in [0.4, 0.5) is 11.5 Å². The summed E-state index contributed by atoms with van der Waals surface area (Å²) in [6.45, 7) is 0. The van der Waals surface area contributed by atoms with Gasteiger partial charge in [0.2, 0.25) is 11.7 Å². The number of nitrogens with zero attached hydrogens (tertiary/aromatic N) is 2. The van der Waals surface area contributed by atoms with Gasteiger partial charge in [0.1, 0.15) is 0 Å². The number of hydrogen-bond acceptors (Lipinski definition) is 9. The van der Waals surface area contributed by atoms with Crippen LogP contribution < -0.4 is 29.6 Å². The number of ether oxygens (including phenoxy) is 3. The first kappa shape index (κ1) is 26.4. The van der Waals surface area contributed by atoms with E-state index >= 15 is 0 Å². The van der Waals surface area contributed by atoms with Crippen molar-refractivity contribution in [2.45, 2.75) is 4.90 Å². The molecule has 0 spiro atoms. The van der Waals surface area contributed by atoms with Crippen molar-refractivity contribution in [1.82, 2.24) is 15.3 Å². The lowest BCUT2D eigenvalue weighted by molar-refractivity contribution is -0.115. The van der Waals surface area contributed by atoms with Crippen LogP contribution in [-0.2, 0) is 14.8 Å². The van der Waals surface area contributed by atoms with Gasteiger partial charge in [0.05, 0.1) is 26.2 Å². The molecule has 0 unspecified atom stereocenters. The van der Waals surface area contributed by atoms with Crippen molar-refractivity contribution in [3.63, 3.8) is 0 Å². The maximum Gasteiger partial charge on any atom is 0.263 e. The van der Waals surface area contributed by atoms with Gasteiger partial charge in [-0.2, -0.15) is 0 Å². The number of rotatable bonds is 9. The van der Waals surface area contributed by atoms with Crippen molar-refractivity contribution in [3.8, 4) is 17.4 Å². The molecule has 3 N–H and O–H groups in total. The minimum atomic E-state index is -3.94. The molecule has 0 aliphatic rings. The fourth-order valence-electron chi connectivity index (χ4n) is 2.89. The molecule has 36 heavy (non-hydrogen) atoms. The first-order chi connectivity index (χ1) is 17.2. The fraction of sp³-hybridized carbons (Fsp3) is 0.130. The van der Waals surface area contributed by atoms with E-state index < -0.39 is 15.9 Å². The molecule has 0 atom stereocenters. The second-order valence-corrected chi connectivity index (χ2v) is 9.03. The number of thiocarbonyl (C=S) groups is 1. The molecule has 13 heteroatoms. The summed E-state index contributed by atoms with van der Waals surface area (Å²) in [4.78, 5) is 20.0. The molecule has 0 bridgehead atoms. The molecular formula is C23H23N5O6S2. The highest BCUT2D eigenvalue weighted by Crippen LogP contribution is 2.28. The number of carbonyl (C=O) groups is 1. The van der Waals surface area contributed by atoms with E-state index in [1.54, 1.807) is 24.3 Å². The number of methoxy groups -OCH3 is 3. The number of benzene rings is 2. The number of amides is 1. The Hall–Kier alpha value is -4.23. The van der Waals surface area contributed by atoms with Crippen molar-refractivity contribution in [1.29, 1.82) is 0 Å². The Morgan fingerprint density at radius 3 is 2.31 bits per heavy atom. The normalized spacial score (nSPS) is 11.0. The molecule has 0 aliphatic heterocycles. The SMILES string of the molecule is COc1ccc(/C=C\C(=O)NC(=S)Nc2ccc(S(=O)(=O)Nc3nccnc3OC)cc2)cc1OC. The van der Waals surface area contributed by atoms with Crippen LogP contribution in [0.25, 0.3) is 6.08 Å². The number of anilines is 2. The molecule has 0 aliphatic carbocycles. The van der Waals surface area contributed by atoms with Crippen LogP contribution in [0.3, 0.4) is 0 Å². The Bertz CT molecular complexity index is 1380. The second kappa shape index (κ2) is 12.0. The monoisotopic (exact) mass is 529 g/mol. The van der Waals surface area contributed by atoms with Gasteiger partial charge < -0.3 is 19.5 Å². The Morgan fingerprint density at radius 1 is 0.944 bits per heavy atom. The number of sulfonamides is 1. The fourth-order valence-corrected chi connectivity index (χ4v) is 4.12. The average Bonchev–Trinajstić information content (AvgIpc) is 2.87. The molecular weight excluding hydrogens is 506 g/mol. The number of nitrogens with one attached hydrogen (secondary N) is 3. The van der Waals surface area contributed by atoms with E-state index in [4.69, 9.17) is 26.4 Å². The lowest BCUT2D eigenvalue weighted by atomic mass is 10.2. The summed E-state index contributed by atoms with van der Waals surface area (Å²) in [5.41, 5.74) is 1.20. The summed E-state index contributed by atoms with van der Waals surface area (Å²) in [6.07, 6.45) is 5.63. The zero-order valence-corrected chi connectivity index (χ0v) is 21.1. The minimum absolute atomic E-state index is 0.0198. The van der Waals surface area contributed by atoms with E-state index in [-0.39, 0.29) is 21.7 Å². The van der Waals surface area contributed by atoms with Gasteiger partial charge in [-0.25, -0.2) is 18.4 Å². The van der Waals surface area contributed by atoms with E-state index in [2.05, 4.69) is 25.3 Å². The highest BCUT2D eigenvalue weighted by atomic mass is 32.2. The van der Waals surface area contributed by atoms with Gasteiger partial charge in [-0.15, -0.1) is 0 Å². The van der Waals surface area contributed by atoms with Gasteiger partial charge in [-0.3, -0.25) is 14.8 Å². The zero-order valence-electron chi connectivity index (χ0n) is 19.5. The molecule has 1 amide bonds. The molecule has 0 saturated heterocycles. The number of carbonyl (C=O) groups excluding carboxylic acids is 1. The smallest absolute Gasteiger partial charge is 0.263 e. The Labute approximate surface area is 213 Å². The number of hydrogen-bond donors (Lipinski definition) is 3. The molecule has 0 radical (unpaired) electrons. The summed E-state index contributed by atoms with van der Waals surface area (Å²) in [5.74, 6) is 0.665. The largest absolute Gasteiger partial charge is 0.493 e. The highest BCUT2D eigenvalue weighted by molar-refractivity contribution is 7.92. The van der Waals surface area contributed by atoms with E-state index in [0.29, 0.717) is 17.2 Å². The summed E-state index contributed by atoms with van der Waals surface area (Å²) in [7, 11) is 0.476. The van der Waals surface area contributed by atoms with Gasteiger partial charge >= 0.3 is 0 Å². The molecule has 0 fully saturated rings. The van der Waals surface area contributed by atoms with Crippen LogP contribution in [0.2, 0.25) is 0 Å². The Kier molecular flexibility index (Phi) is 8.76. The first-order valence-corrected chi connectivity index (χ1v) is 12.1. The van der Waals surface area contributed by atoms with Crippen molar-refractivity contribution in [3.05, 3.63) is 66.5 Å². The highest BCUT2D eigenvalue weighted by Gasteiger charge is 2.18. The van der Waals surface area contributed by atoms with Crippen LogP contribution in [-0.4, -0.2) is 50.7 Å². The standard InChI is InChI=1S/C23H23N5O6S2/c1-32-18-10-4-15(14-19(18)33-2)5-11-20(29)27-23(35)26-16-6-8-17(9-7-16)36(30,31)28-21-22(34-3)25-13-12-24-21/h4-14H,1-3H3,(H,24,28)(H2,26,27,29,35)/b11-5-. The summed E-state index contributed by atoms with van der Waals surface area (Å²) in [6, 6.07) is 11.0. The maximum absolute atomic E-state index is 12.7. The quantitative estimate of drug-likeness (QED) is 0.280. The van der Waals surface area contributed by atoms with E-state index in [1.165, 1.54) is 64.1 Å².